The fourth-order valence-corrected chi connectivity index (χ4v) is 0.899. The smallest absolute Gasteiger partial charge is 0.141 e. The van der Waals surface area contributed by atoms with Gasteiger partial charge in [0, 0.05) is 6.61 Å². The van der Waals surface area contributed by atoms with Crippen molar-refractivity contribution >= 4 is 0 Å². The van der Waals surface area contributed by atoms with Gasteiger partial charge in [0.2, 0.25) is 0 Å². The maximum absolute atomic E-state index is 12.4. The van der Waals surface area contributed by atoms with E-state index in [2.05, 4.69) is 4.98 Å². The molecule has 0 fully saturated rings. The quantitative estimate of drug-likeness (QED) is 0.768. The molecule has 0 saturated carbocycles. The van der Waals surface area contributed by atoms with E-state index in [9.17, 15) is 9.50 Å². The van der Waals surface area contributed by atoms with Gasteiger partial charge < -0.3 is 9.84 Å². The fraction of sp³-hybridized carbons (Fsp3) is 0.444. The molecule has 1 unspecified atom stereocenters. The van der Waals surface area contributed by atoms with Crippen molar-refractivity contribution in [2.24, 2.45) is 0 Å². The number of aliphatic hydroxyl groups excluding tert-OH is 1. The Labute approximate surface area is 76.2 Å². The molecular formula is C9H12FNO2. The second-order valence-electron chi connectivity index (χ2n) is 2.58. The number of hydrogen-bond acceptors (Lipinski definition) is 3. The van der Waals surface area contributed by atoms with Crippen molar-refractivity contribution < 1.29 is 14.2 Å². The van der Waals surface area contributed by atoms with Crippen LogP contribution in [0.1, 0.15) is 18.7 Å². The van der Waals surface area contributed by atoms with Crippen LogP contribution >= 0.6 is 0 Å². The van der Waals surface area contributed by atoms with E-state index in [1.54, 1.807) is 0 Å². The molecule has 0 saturated heterocycles. The molecule has 1 rings (SSSR count). The molecule has 1 aromatic rings. The number of nitrogens with zero attached hydrogens (tertiary/aromatic N) is 1. The Morgan fingerprint density at radius 1 is 1.62 bits per heavy atom. The summed E-state index contributed by atoms with van der Waals surface area (Å²) in [6, 6.07) is 2.70. The average Bonchev–Trinajstić information content (AvgIpc) is 2.15. The number of halogens is 1. The highest BCUT2D eigenvalue weighted by molar-refractivity contribution is 5.07. The molecule has 0 amide bonds. The van der Waals surface area contributed by atoms with Crippen LogP contribution in [0.3, 0.4) is 0 Å². The fourth-order valence-electron chi connectivity index (χ4n) is 0.899. The SMILES string of the molecule is CCOCC(O)c1ccc(F)cn1. The molecule has 13 heavy (non-hydrogen) atoms. The van der Waals surface area contributed by atoms with Crippen molar-refractivity contribution in [3.05, 3.63) is 29.8 Å². The van der Waals surface area contributed by atoms with E-state index in [-0.39, 0.29) is 6.61 Å². The van der Waals surface area contributed by atoms with Gasteiger partial charge in [-0.05, 0) is 19.1 Å². The number of aliphatic hydroxyl groups is 1. The zero-order valence-corrected chi connectivity index (χ0v) is 7.40. The molecule has 0 aliphatic rings. The molecule has 0 aromatic carbocycles. The van der Waals surface area contributed by atoms with Gasteiger partial charge in [-0.2, -0.15) is 0 Å². The molecule has 0 radical (unpaired) electrons. The second-order valence-corrected chi connectivity index (χ2v) is 2.58. The Bertz CT molecular complexity index is 250. The van der Waals surface area contributed by atoms with Crippen LogP contribution in [0.15, 0.2) is 18.3 Å². The van der Waals surface area contributed by atoms with Gasteiger partial charge in [-0.15, -0.1) is 0 Å². The molecule has 0 bridgehead atoms. The van der Waals surface area contributed by atoms with E-state index in [1.165, 1.54) is 12.1 Å². The summed E-state index contributed by atoms with van der Waals surface area (Å²) < 4.78 is 17.4. The van der Waals surface area contributed by atoms with Crippen LogP contribution in [0, 0.1) is 5.82 Å². The van der Waals surface area contributed by atoms with Gasteiger partial charge in [0.05, 0.1) is 18.5 Å². The Hall–Kier alpha value is -1.00. The molecule has 72 valence electrons. The predicted octanol–water partition coefficient (Wildman–Crippen LogP) is 1.29. The summed E-state index contributed by atoms with van der Waals surface area (Å²) in [7, 11) is 0. The highest BCUT2D eigenvalue weighted by Crippen LogP contribution is 2.09. The van der Waals surface area contributed by atoms with E-state index in [0.717, 1.165) is 6.20 Å². The third kappa shape index (κ3) is 3.08. The summed E-state index contributed by atoms with van der Waals surface area (Å²) in [4.78, 5) is 3.73. The summed E-state index contributed by atoms with van der Waals surface area (Å²) in [5, 5.41) is 9.43. The van der Waals surface area contributed by atoms with Crippen LogP contribution in [-0.2, 0) is 4.74 Å². The molecule has 1 heterocycles. The van der Waals surface area contributed by atoms with Crippen LogP contribution in [0.4, 0.5) is 4.39 Å². The van der Waals surface area contributed by atoms with Crippen molar-refractivity contribution in [1.82, 2.24) is 4.98 Å². The zero-order chi connectivity index (χ0) is 9.68. The standard InChI is InChI=1S/C9H12FNO2/c1-2-13-6-9(12)8-4-3-7(10)5-11-8/h3-5,9,12H,2,6H2,1H3. The van der Waals surface area contributed by atoms with Gasteiger partial charge in [-0.3, -0.25) is 4.98 Å². The molecule has 1 aromatic heterocycles. The number of ether oxygens (including phenoxy) is 1. The lowest BCUT2D eigenvalue weighted by Gasteiger charge is -2.08. The topological polar surface area (TPSA) is 42.4 Å². The third-order valence-corrected chi connectivity index (χ3v) is 1.57. The van der Waals surface area contributed by atoms with Crippen molar-refractivity contribution in [3.8, 4) is 0 Å². The first-order valence-electron chi connectivity index (χ1n) is 4.11. The maximum Gasteiger partial charge on any atom is 0.141 e. The summed E-state index contributed by atoms with van der Waals surface area (Å²) in [6.45, 7) is 2.57. The Morgan fingerprint density at radius 2 is 2.38 bits per heavy atom. The summed E-state index contributed by atoms with van der Waals surface area (Å²) in [5.41, 5.74) is 0.426. The van der Waals surface area contributed by atoms with Crippen molar-refractivity contribution in [3.63, 3.8) is 0 Å². The van der Waals surface area contributed by atoms with Crippen LogP contribution in [-0.4, -0.2) is 23.3 Å². The van der Waals surface area contributed by atoms with Crippen LogP contribution in [0.25, 0.3) is 0 Å². The van der Waals surface area contributed by atoms with E-state index in [1.807, 2.05) is 6.92 Å². The van der Waals surface area contributed by atoms with Gasteiger partial charge in [-0.25, -0.2) is 4.39 Å². The largest absolute Gasteiger partial charge is 0.384 e. The first-order valence-corrected chi connectivity index (χ1v) is 4.11. The van der Waals surface area contributed by atoms with E-state index in [0.29, 0.717) is 12.3 Å². The summed E-state index contributed by atoms with van der Waals surface area (Å²) in [6.07, 6.45) is 0.297. The minimum absolute atomic E-state index is 0.190. The molecule has 0 aliphatic carbocycles. The first kappa shape index (κ1) is 10.1. The van der Waals surface area contributed by atoms with Gasteiger partial charge in [0.25, 0.3) is 0 Å². The molecular weight excluding hydrogens is 173 g/mol. The summed E-state index contributed by atoms with van der Waals surface area (Å²) in [5.74, 6) is -0.410. The Balaban J connectivity index is 2.55. The molecule has 1 N–H and O–H groups in total. The number of rotatable bonds is 4. The van der Waals surface area contributed by atoms with E-state index < -0.39 is 11.9 Å². The monoisotopic (exact) mass is 185 g/mol. The minimum Gasteiger partial charge on any atom is -0.384 e. The molecule has 1 atom stereocenters. The molecule has 0 aliphatic heterocycles. The van der Waals surface area contributed by atoms with Crippen LogP contribution < -0.4 is 0 Å². The number of pyridine rings is 1. The lowest BCUT2D eigenvalue weighted by molar-refractivity contribution is 0.0397. The predicted molar refractivity (Wildman–Crippen MR) is 45.6 cm³/mol. The minimum atomic E-state index is -0.777. The van der Waals surface area contributed by atoms with Crippen molar-refractivity contribution in [2.45, 2.75) is 13.0 Å². The Morgan fingerprint density at radius 3 is 2.92 bits per heavy atom. The van der Waals surface area contributed by atoms with Gasteiger partial charge in [0.15, 0.2) is 0 Å². The summed E-state index contributed by atoms with van der Waals surface area (Å²) >= 11 is 0. The maximum atomic E-state index is 12.4. The van der Waals surface area contributed by atoms with E-state index in [4.69, 9.17) is 4.74 Å². The van der Waals surface area contributed by atoms with Crippen LogP contribution in [0.2, 0.25) is 0 Å². The first-order chi connectivity index (χ1) is 6.24. The zero-order valence-electron chi connectivity index (χ0n) is 7.40. The van der Waals surface area contributed by atoms with Crippen LogP contribution in [0.5, 0.6) is 0 Å². The van der Waals surface area contributed by atoms with Gasteiger partial charge >= 0.3 is 0 Å². The number of aromatic nitrogens is 1. The van der Waals surface area contributed by atoms with Gasteiger partial charge in [0.1, 0.15) is 11.9 Å². The highest BCUT2D eigenvalue weighted by atomic mass is 19.1. The second kappa shape index (κ2) is 4.89. The lowest BCUT2D eigenvalue weighted by Crippen LogP contribution is -2.08. The molecule has 0 spiro atoms. The molecule has 4 heteroatoms. The van der Waals surface area contributed by atoms with E-state index >= 15 is 0 Å². The normalized spacial score (nSPS) is 12.8. The van der Waals surface area contributed by atoms with Gasteiger partial charge in [-0.1, -0.05) is 0 Å². The molecule has 3 nitrogen and oxygen atoms in total. The Kier molecular flexibility index (Phi) is 3.79. The average molecular weight is 185 g/mol. The van der Waals surface area contributed by atoms with Crippen molar-refractivity contribution in [1.29, 1.82) is 0 Å². The third-order valence-electron chi connectivity index (χ3n) is 1.57. The highest BCUT2D eigenvalue weighted by Gasteiger charge is 2.08. The number of hydrogen-bond donors (Lipinski definition) is 1. The van der Waals surface area contributed by atoms with Crippen molar-refractivity contribution in [2.75, 3.05) is 13.2 Å². The lowest BCUT2D eigenvalue weighted by atomic mass is 10.2.